The molecule has 3 amide bonds. The summed E-state index contributed by atoms with van der Waals surface area (Å²) in [4.78, 5) is 24.0. The van der Waals surface area contributed by atoms with Gasteiger partial charge in [-0.2, -0.15) is 0 Å². The summed E-state index contributed by atoms with van der Waals surface area (Å²) in [6.45, 7) is 2.36. The minimum atomic E-state index is -0.219. The molecule has 1 atom stereocenters. The normalized spacial score (nSPS) is 18.0. The Kier molecular flexibility index (Phi) is 6.53. The number of nitrogens with one attached hydrogen (secondary N) is 3. The van der Waals surface area contributed by atoms with Gasteiger partial charge < -0.3 is 16.0 Å². The van der Waals surface area contributed by atoms with Crippen LogP contribution in [0.4, 0.5) is 4.79 Å². The van der Waals surface area contributed by atoms with Crippen LogP contribution in [0, 0.1) is 0 Å². The first-order valence-corrected chi connectivity index (χ1v) is 10.1. The van der Waals surface area contributed by atoms with Gasteiger partial charge in [-0.15, -0.1) is 0 Å². The minimum absolute atomic E-state index is 0.0277. The van der Waals surface area contributed by atoms with Crippen LogP contribution >= 0.6 is 0 Å². The van der Waals surface area contributed by atoms with Gasteiger partial charge in [-0.05, 0) is 62.1 Å². The molecule has 0 spiro atoms. The van der Waals surface area contributed by atoms with Crippen LogP contribution in [0.15, 0.2) is 18.2 Å². The van der Waals surface area contributed by atoms with E-state index < -0.39 is 0 Å². The predicted octanol–water partition coefficient (Wildman–Crippen LogP) is 3.37. The molecule has 5 heteroatoms. The van der Waals surface area contributed by atoms with Crippen LogP contribution in [-0.4, -0.2) is 24.5 Å². The van der Waals surface area contributed by atoms with Gasteiger partial charge in [0.25, 0.3) is 0 Å². The second-order valence-corrected chi connectivity index (χ2v) is 7.66. The number of carbonyl (C=O) groups excluding carboxylic acids is 2. The molecule has 142 valence electrons. The van der Waals surface area contributed by atoms with E-state index in [1.54, 1.807) is 0 Å². The SMILES string of the molecule is CC(NC(=O)NCCC(=O)NC1CCCC1)c1ccc2c(c1)CCCC2. The number of aryl methyl sites for hydroxylation is 2. The molecule has 1 aromatic carbocycles. The maximum atomic E-state index is 12.1. The molecule has 0 saturated heterocycles. The summed E-state index contributed by atoms with van der Waals surface area (Å²) in [5, 5.41) is 8.80. The van der Waals surface area contributed by atoms with E-state index in [4.69, 9.17) is 0 Å². The van der Waals surface area contributed by atoms with E-state index >= 15 is 0 Å². The number of carbonyl (C=O) groups is 2. The lowest BCUT2D eigenvalue weighted by atomic mass is 9.89. The van der Waals surface area contributed by atoms with Crippen LogP contribution in [-0.2, 0) is 17.6 Å². The summed E-state index contributed by atoms with van der Waals surface area (Å²) in [7, 11) is 0. The van der Waals surface area contributed by atoms with Gasteiger partial charge in [0.2, 0.25) is 5.91 Å². The number of benzene rings is 1. The van der Waals surface area contributed by atoms with Gasteiger partial charge in [0.1, 0.15) is 0 Å². The summed E-state index contributed by atoms with van der Waals surface area (Å²) in [6.07, 6.45) is 9.73. The lowest BCUT2D eigenvalue weighted by Gasteiger charge is -2.20. The largest absolute Gasteiger partial charge is 0.353 e. The smallest absolute Gasteiger partial charge is 0.315 e. The molecule has 26 heavy (non-hydrogen) atoms. The third kappa shape index (κ3) is 5.23. The van der Waals surface area contributed by atoms with Crippen LogP contribution in [0.2, 0.25) is 0 Å². The second kappa shape index (κ2) is 9.06. The van der Waals surface area contributed by atoms with E-state index in [0.29, 0.717) is 19.0 Å². The lowest BCUT2D eigenvalue weighted by Crippen LogP contribution is -2.40. The summed E-state index contributed by atoms with van der Waals surface area (Å²) >= 11 is 0. The van der Waals surface area contributed by atoms with Crippen molar-refractivity contribution >= 4 is 11.9 Å². The van der Waals surface area contributed by atoms with Crippen molar-refractivity contribution in [3.8, 4) is 0 Å². The zero-order valence-corrected chi connectivity index (χ0v) is 15.8. The highest BCUT2D eigenvalue weighted by molar-refractivity contribution is 5.78. The average Bonchev–Trinajstić information content (AvgIpc) is 3.14. The summed E-state index contributed by atoms with van der Waals surface area (Å²) in [5.41, 5.74) is 4.01. The second-order valence-electron chi connectivity index (χ2n) is 7.66. The molecule has 0 bridgehead atoms. The first-order chi connectivity index (χ1) is 12.6. The minimum Gasteiger partial charge on any atom is -0.353 e. The fourth-order valence-electron chi connectivity index (χ4n) is 4.01. The summed E-state index contributed by atoms with van der Waals surface area (Å²) in [6, 6.07) is 6.62. The molecule has 2 aliphatic rings. The lowest BCUT2D eigenvalue weighted by molar-refractivity contribution is -0.121. The molecule has 0 aliphatic heterocycles. The van der Waals surface area contributed by atoms with E-state index in [1.165, 1.54) is 43.2 Å². The molecule has 0 radical (unpaired) electrons. The molecule has 3 N–H and O–H groups in total. The molecular weight excluding hydrogens is 326 g/mol. The third-order valence-corrected chi connectivity index (χ3v) is 5.58. The Balaban J connectivity index is 1.39. The van der Waals surface area contributed by atoms with Crippen molar-refractivity contribution in [1.82, 2.24) is 16.0 Å². The van der Waals surface area contributed by atoms with Gasteiger partial charge in [0.05, 0.1) is 6.04 Å². The summed E-state index contributed by atoms with van der Waals surface area (Å²) < 4.78 is 0. The molecule has 3 rings (SSSR count). The van der Waals surface area contributed by atoms with Crippen LogP contribution < -0.4 is 16.0 Å². The van der Waals surface area contributed by atoms with Crippen molar-refractivity contribution in [2.75, 3.05) is 6.54 Å². The van der Waals surface area contributed by atoms with E-state index in [2.05, 4.69) is 34.1 Å². The van der Waals surface area contributed by atoms with Gasteiger partial charge in [-0.1, -0.05) is 31.0 Å². The average molecular weight is 357 g/mol. The number of fused-ring (bicyclic) bond motifs is 1. The topological polar surface area (TPSA) is 70.2 Å². The van der Waals surface area contributed by atoms with Gasteiger partial charge in [-0.3, -0.25) is 4.79 Å². The Morgan fingerprint density at radius 1 is 1.08 bits per heavy atom. The number of urea groups is 1. The van der Waals surface area contributed by atoms with Crippen LogP contribution in [0.25, 0.3) is 0 Å². The van der Waals surface area contributed by atoms with Crippen molar-refractivity contribution in [1.29, 1.82) is 0 Å². The van der Waals surface area contributed by atoms with Crippen molar-refractivity contribution in [2.45, 2.75) is 76.8 Å². The molecule has 5 nitrogen and oxygen atoms in total. The molecule has 0 aromatic heterocycles. The van der Waals surface area contributed by atoms with Crippen molar-refractivity contribution in [3.05, 3.63) is 34.9 Å². The first kappa shape index (κ1) is 18.7. The van der Waals surface area contributed by atoms with E-state index in [0.717, 1.165) is 24.8 Å². The number of amides is 3. The molecule has 1 fully saturated rings. The number of hydrogen-bond acceptors (Lipinski definition) is 2. The number of rotatable bonds is 6. The van der Waals surface area contributed by atoms with Crippen LogP contribution in [0.1, 0.15) is 74.6 Å². The Morgan fingerprint density at radius 2 is 1.81 bits per heavy atom. The highest BCUT2D eigenvalue weighted by Crippen LogP contribution is 2.24. The molecule has 0 heterocycles. The Hall–Kier alpha value is -2.04. The van der Waals surface area contributed by atoms with Gasteiger partial charge >= 0.3 is 6.03 Å². The fourth-order valence-corrected chi connectivity index (χ4v) is 4.01. The highest BCUT2D eigenvalue weighted by Gasteiger charge is 2.17. The third-order valence-electron chi connectivity index (χ3n) is 5.58. The molecule has 1 saturated carbocycles. The standard InChI is InChI=1S/C21H31N3O2/c1-15(17-11-10-16-6-2-3-7-18(16)14-17)23-21(26)22-13-12-20(25)24-19-8-4-5-9-19/h10-11,14-15,19H,2-9,12-13H2,1H3,(H,24,25)(H2,22,23,26). The van der Waals surface area contributed by atoms with Crippen molar-refractivity contribution in [2.24, 2.45) is 0 Å². The Bertz CT molecular complexity index is 638. The fraction of sp³-hybridized carbons (Fsp3) is 0.619. The number of hydrogen-bond donors (Lipinski definition) is 3. The Labute approximate surface area is 156 Å². The van der Waals surface area contributed by atoms with E-state index in [1.807, 2.05) is 6.92 Å². The molecule has 2 aliphatic carbocycles. The van der Waals surface area contributed by atoms with Crippen LogP contribution in [0.3, 0.4) is 0 Å². The zero-order valence-electron chi connectivity index (χ0n) is 15.8. The summed E-state index contributed by atoms with van der Waals surface area (Å²) in [5.74, 6) is 0.0277. The van der Waals surface area contributed by atoms with Crippen LogP contribution in [0.5, 0.6) is 0 Å². The zero-order chi connectivity index (χ0) is 18.4. The molecular formula is C21H31N3O2. The van der Waals surface area contributed by atoms with Gasteiger partial charge in [0, 0.05) is 19.0 Å². The van der Waals surface area contributed by atoms with Gasteiger partial charge in [-0.25, -0.2) is 4.79 Å². The Morgan fingerprint density at radius 3 is 2.58 bits per heavy atom. The maximum absolute atomic E-state index is 12.1. The first-order valence-electron chi connectivity index (χ1n) is 10.1. The quantitative estimate of drug-likeness (QED) is 0.730. The predicted molar refractivity (Wildman–Crippen MR) is 103 cm³/mol. The van der Waals surface area contributed by atoms with Crippen molar-refractivity contribution in [3.63, 3.8) is 0 Å². The van der Waals surface area contributed by atoms with Gasteiger partial charge in [0.15, 0.2) is 0 Å². The maximum Gasteiger partial charge on any atom is 0.315 e. The van der Waals surface area contributed by atoms with E-state index in [-0.39, 0.29) is 18.0 Å². The highest BCUT2D eigenvalue weighted by atomic mass is 16.2. The monoisotopic (exact) mass is 357 g/mol. The van der Waals surface area contributed by atoms with E-state index in [9.17, 15) is 9.59 Å². The van der Waals surface area contributed by atoms with Crippen molar-refractivity contribution < 1.29 is 9.59 Å². The molecule has 1 aromatic rings. The molecule has 1 unspecified atom stereocenters.